The Labute approximate surface area is 82.7 Å². The van der Waals surface area contributed by atoms with Crippen LogP contribution in [0.4, 0.5) is 0 Å². The zero-order valence-electron chi connectivity index (χ0n) is 7.85. The molecule has 0 heterocycles. The number of rotatable bonds is 3. The number of methoxy groups -OCH3 is 1. The van der Waals surface area contributed by atoms with Crippen LogP contribution in [0.25, 0.3) is 0 Å². The summed E-state index contributed by atoms with van der Waals surface area (Å²) in [5, 5.41) is 4.74. The van der Waals surface area contributed by atoms with Gasteiger partial charge >= 0.3 is 10.3 Å². The smallest absolute Gasteiger partial charge is 0.380 e. The summed E-state index contributed by atoms with van der Waals surface area (Å²) in [6.45, 7) is 1.77. The van der Waals surface area contributed by atoms with Gasteiger partial charge in [0.25, 0.3) is 0 Å². The predicted octanol–water partition coefficient (Wildman–Crippen LogP) is 0.586. The molecular formula is C8H11NO4S. The van der Waals surface area contributed by atoms with E-state index in [-0.39, 0.29) is 5.75 Å². The van der Waals surface area contributed by atoms with E-state index in [0.717, 1.165) is 5.56 Å². The second kappa shape index (κ2) is 3.85. The highest BCUT2D eigenvalue weighted by Crippen LogP contribution is 2.30. The van der Waals surface area contributed by atoms with Crippen LogP contribution in [0.1, 0.15) is 5.56 Å². The van der Waals surface area contributed by atoms with Gasteiger partial charge in [0.05, 0.1) is 7.11 Å². The molecule has 0 amide bonds. The largest absolute Gasteiger partial charge is 0.493 e. The molecule has 78 valence electrons. The van der Waals surface area contributed by atoms with Gasteiger partial charge < -0.3 is 8.92 Å². The SMILES string of the molecule is COc1c(C)cccc1OS(N)(=O)=O. The van der Waals surface area contributed by atoms with Crippen LogP contribution in [0.3, 0.4) is 0 Å². The topological polar surface area (TPSA) is 78.6 Å². The summed E-state index contributed by atoms with van der Waals surface area (Å²) < 4.78 is 30.9. The van der Waals surface area contributed by atoms with Crippen molar-refractivity contribution < 1.29 is 17.3 Å². The lowest BCUT2D eigenvalue weighted by molar-refractivity contribution is 0.388. The van der Waals surface area contributed by atoms with E-state index in [1.807, 2.05) is 0 Å². The monoisotopic (exact) mass is 217 g/mol. The molecule has 1 aromatic rings. The van der Waals surface area contributed by atoms with Gasteiger partial charge in [0.1, 0.15) is 0 Å². The van der Waals surface area contributed by atoms with E-state index in [0.29, 0.717) is 5.75 Å². The third kappa shape index (κ3) is 2.61. The number of hydrogen-bond donors (Lipinski definition) is 1. The number of para-hydroxylation sites is 1. The molecule has 2 N–H and O–H groups in total. The number of ether oxygens (including phenoxy) is 1. The number of nitrogens with two attached hydrogens (primary N) is 1. The normalized spacial score (nSPS) is 11.1. The minimum absolute atomic E-state index is 0.0926. The van der Waals surface area contributed by atoms with E-state index in [1.54, 1.807) is 19.1 Å². The molecule has 1 rings (SSSR count). The molecule has 0 atom stereocenters. The Hall–Kier alpha value is -1.27. The first kappa shape index (κ1) is 10.8. The maximum Gasteiger partial charge on any atom is 0.380 e. The van der Waals surface area contributed by atoms with Gasteiger partial charge in [-0.3, -0.25) is 0 Å². The van der Waals surface area contributed by atoms with E-state index in [9.17, 15) is 8.42 Å². The molecule has 0 unspecified atom stereocenters. The maximum atomic E-state index is 10.7. The summed E-state index contributed by atoms with van der Waals surface area (Å²) in [6.07, 6.45) is 0. The van der Waals surface area contributed by atoms with E-state index < -0.39 is 10.3 Å². The van der Waals surface area contributed by atoms with Crippen molar-refractivity contribution in [3.63, 3.8) is 0 Å². The van der Waals surface area contributed by atoms with Crippen LogP contribution in [0.5, 0.6) is 11.5 Å². The van der Waals surface area contributed by atoms with Gasteiger partial charge in [-0.2, -0.15) is 13.6 Å². The van der Waals surface area contributed by atoms with Gasteiger partial charge in [0.2, 0.25) is 0 Å². The average molecular weight is 217 g/mol. The van der Waals surface area contributed by atoms with Crippen molar-refractivity contribution in [3.8, 4) is 11.5 Å². The predicted molar refractivity (Wildman–Crippen MR) is 51.5 cm³/mol. The number of aryl methyl sites for hydroxylation is 1. The highest BCUT2D eigenvalue weighted by atomic mass is 32.2. The highest BCUT2D eigenvalue weighted by Gasteiger charge is 2.12. The molecule has 0 aliphatic heterocycles. The zero-order valence-corrected chi connectivity index (χ0v) is 8.67. The first-order valence-electron chi connectivity index (χ1n) is 3.80. The first-order valence-corrected chi connectivity index (χ1v) is 5.27. The number of hydrogen-bond acceptors (Lipinski definition) is 4. The Bertz CT molecular complexity index is 427. The Morgan fingerprint density at radius 3 is 2.50 bits per heavy atom. The van der Waals surface area contributed by atoms with Crippen LogP contribution >= 0.6 is 0 Å². The molecule has 5 nitrogen and oxygen atoms in total. The van der Waals surface area contributed by atoms with Gasteiger partial charge in [-0.05, 0) is 18.6 Å². The third-order valence-electron chi connectivity index (χ3n) is 1.59. The van der Waals surface area contributed by atoms with E-state index in [1.165, 1.54) is 13.2 Å². The lowest BCUT2D eigenvalue weighted by atomic mass is 10.2. The van der Waals surface area contributed by atoms with E-state index in [4.69, 9.17) is 9.88 Å². The summed E-state index contributed by atoms with van der Waals surface area (Å²) in [7, 11) is -2.58. The summed E-state index contributed by atoms with van der Waals surface area (Å²) in [5.41, 5.74) is 0.772. The minimum Gasteiger partial charge on any atom is -0.493 e. The summed E-state index contributed by atoms with van der Waals surface area (Å²) >= 11 is 0. The summed E-state index contributed by atoms with van der Waals surface area (Å²) in [6, 6.07) is 4.89. The fourth-order valence-electron chi connectivity index (χ4n) is 1.08. The molecular weight excluding hydrogens is 206 g/mol. The van der Waals surface area contributed by atoms with Gasteiger partial charge in [-0.25, -0.2) is 0 Å². The van der Waals surface area contributed by atoms with Gasteiger partial charge in [0.15, 0.2) is 11.5 Å². The Morgan fingerprint density at radius 2 is 2.00 bits per heavy atom. The molecule has 0 aliphatic carbocycles. The Kier molecular flexibility index (Phi) is 2.97. The molecule has 0 saturated heterocycles. The maximum absolute atomic E-state index is 10.7. The Balaban J connectivity index is 3.15. The lowest BCUT2D eigenvalue weighted by Crippen LogP contribution is -2.19. The lowest BCUT2D eigenvalue weighted by Gasteiger charge is -2.09. The molecule has 0 spiro atoms. The molecule has 0 saturated carbocycles. The molecule has 0 aromatic heterocycles. The molecule has 0 radical (unpaired) electrons. The highest BCUT2D eigenvalue weighted by molar-refractivity contribution is 7.84. The molecule has 0 aliphatic rings. The van der Waals surface area contributed by atoms with Crippen molar-refractivity contribution in [2.45, 2.75) is 6.92 Å². The van der Waals surface area contributed by atoms with Crippen LogP contribution < -0.4 is 14.1 Å². The third-order valence-corrected chi connectivity index (χ3v) is 2.00. The Morgan fingerprint density at radius 1 is 1.36 bits per heavy atom. The second-order valence-electron chi connectivity index (χ2n) is 2.68. The van der Waals surface area contributed by atoms with Crippen LogP contribution in [-0.2, 0) is 10.3 Å². The van der Waals surface area contributed by atoms with Gasteiger partial charge in [-0.1, -0.05) is 12.1 Å². The summed E-state index contributed by atoms with van der Waals surface area (Å²) in [5.74, 6) is 0.455. The minimum atomic E-state index is -4.01. The number of benzene rings is 1. The molecule has 0 fully saturated rings. The van der Waals surface area contributed by atoms with E-state index in [2.05, 4.69) is 4.18 Å². The quantitative estimate of drug-likeness (QED) is 0.803. The van der Waals surface area contributed by atoms with Gasteiger partial charge in [-0.15, -0.1) is 0 Å². The van der Waals surface area contributed by atoms with Crippen LogP contribution in [0.15, 0.2) is 18.2 Å². The summed E-state index contributed by atoms with van der Waals surface area (Å²) in [4.78, 5) is 0. The van der Waals surface area contributed by atoms with E-state index >= 15 is 0 Å². The second-order valence-corrected chi connectivity index (χ2v) is 3.83. The van der Waals surface area contributed by atoms with Crippen molar-refractivity contribution >= 4 is 10.3 Å². The molecule has 1 aromatic carbocycles. The fourth-order valence-corrected chi connectivity index (χ4v) is 1.46. The van der Waals surface area contributed by atoms with Crippen LogP contribution in [0, 0.1) is 6.92 Å². The average Bonchev–Trinajstić information content (AvgIpc) is 2.01. The first-order chi connectivity index (χ1) is 6.44. The van der Waals surface area contributed by atoms with Gasteiger partial charge in [0, 0.05) is 0 Å². The van der Waals surface area contributed by atoms with Crippen LogP contribution in [-0.4, -0.2) is 15.5 Å². The zero-order chi connectivity index (χ0) is 10.8. The standard InChI is InChI=1S/C8H11NO4S/c1-6-4-3-5-7(8(6)12-2)13-14(9,10)11/h3-5H,1-2H3,(H2,9,10,11). The van der Waals surface area contributed by atoms with Crippen molar-refractivity contribution in [2.24, 2.45) is 5.14 Å². The van der Waals surface area contributed by atoms with Crippen molar-refractivity contribution in [1.29, 1.82) is 0 Å². The molecule has 14 heavy (non-hydrogen) atoms. The fraction of sp³-hybridized carbons (Fsp3) is 0.250. The van der Waals surface area contributed by atoms with Crippen molar-refractivity contribution in [1.82, 2.24) is 0 Å². The van der Waals surface area contributed by atoms with Crippen molar-refractivity contribution in [2.75, 3.05) is 7.11 Å². The molecule has 0 bridgehead atoms. The molecule has 6 heteroatoms. The van der Waals surface area contributed by atoms with Crippen LogP contribution in [0.2, 0.25) is 0 Å². The van der Waals surface area contributed by atoms with Crippen molar-refractivity contribution in [3.05, 3.63) is 23.8 Å².